The van der Waals surface area contributed by atoms with E-state index in [4.69, 9.17) is 22.1 Å². The molecule has 1 aliphatic rings. The average molecular weight is 271 g/mol. The molecule has 1 aromatic carbocycles. The van der Waals surface area contributed by atoms with Gasteiger partial charge in [-0.1, -0.05) is 11.6 Å². The van der Waals surface area contributed by atoms with Gasteiger partial charge in [0.2, 0.25) is 0 Å². The van der Waals surface area contributed by atoms with Gasteiger partial charge in [-0.3, -0.25) is 10.1 Å². The molecular formula is C12H15ClN2O3. The van der Waals surface area contributed by atoms with Crippen molar-refractivity contribution < 1.29 is 9.66 Å². The predicted octanol–water partition coefficient (Wildman–Crippen LogP) is 2.90. The minimum Gasteiger partial charge on any atom is -0.483 e. The Morgan fingerprint density at radius 2 is 2.22 bits per heavy atom. The first-order chi connectivity index (χ1) is 8.56. The summed E-state index contributed by atoms with van der Waals surface area (Å²) >= 11 is 5.84. The molecule has 1 saturated carbocycles. The van der Waals surface area contributed by atoms with Crippen LogP contribution in [0.2, 0.25) is 5.02 Å². The number of nitrogens with zero attached hydrogens (tertiary/aromatic N) is 1. The van der Waals surface area contributed by atoms with Crippen LogP contribution in [-0.2, 0) is 0 Å². The molecule has 0 aliphatic heterocycles. The molecule has 1 aliphatic carbocycles. The molecule has 18 heavy (non-hydrogen) atoms. The van der Waals surface area contributed by atoms with Crippen molar-refractivity contribution in [2.24, 2.45) is 5.73 Å². The van der Waals surface area contributed by atoms with Gasteiger partial charge >= 0.3 is 5.69 Å². The van der Waals surface area contributed by atoms with Crippen LogP contribution in [0.3, 0.4) is 0 Å². The van der Waals surface area contributed by atoms with Crippen LogP contribution in [0.15, 0.2) is 18.2 Å². The van der Waals surface area contributed by atoms with Crippen molar-refractivity contribution in [2.75, 3.05) is 0 Å². The summed E-state index contributed by atoms with van der Waals surface area (Å²) in [6.45, 7) is 0. The Hall–Kier alpha value is -1.33. The lowest BCUT2D eigenvalue weighted by atomic mass is 9.93. The van der Waals surface area contributed by atoms with E-state index in [0.29, 0.717) is 5.02 Å². The van der Waals surface area contributed by atoms with Crippen LogP contribution in [0.25, 0.3) is 0 Å². The SMILES string of the molecule is NC1CCCC(Oc2cc(Cl)ccc2[N+](=O)[O-])C1. The van der Waals surface area contributed by atoms with Gasteiger partial charge in [0.15, 0.2) is 5.75 Å². The average Bonchev–Trinajstić information content (AvgIpc) is 2.28. The molecule has 2 rings (SSSR count). The minimum absolute atomic E-state index is 0.0569. The summed E-state index contributed by atoms with van der Waals surface area (Å²) in [6.07, 6.45) is 3.50. The topological polar surface area (TPSA) is 78.4 Å². The molecule has 2 atom stereocenters. The van der Waals surface area contributed by atoms with E-state index in [0.717, 1.165) is 25.7 Å². The van der Waals surface area contributed by atoms with Crippen LogP contribution in [-0.4, -0.2) is 17.1 Å². The molecule has 0 amide bonds. The molecule has 0 saturated heterocycles. The van der Waals surface area contributed by atoms with E-state index in [1.54, 1.807) is 0 Å². The Morgan fingerprint density at radius 3 is 2.89 bits per heavy atom. The molecule has 0 spiro atoms. The standard InChI is InChI=1S/C12H15ClN2O3/c13-8-4-5-11(15(16)17)12(6-8)18-10-3-1-2-9(14)7-10/h4-6,9-10H,1-3,7,14H2. The third kappa shape index (κ3) is 3.11. The van der Waals surface area contributed by atoms with Crippen molar-refractivity contribution in [3.05, 3.63) is 33.3 Å². The Bertz CT molecular complexity index is 453. The fraction of sp³-hybridized carbons (Fsp3) is 0.500. The molecular weight excluding hydrogens is 256 g/mol. The van der Waals surface area contributed by atoms with E-state index in [1.165, 1.54) is 18.2 Å². The Kier molecular flexibility index (Phi) is 4.04. The largest absolute Gasteiger partial charge is 0.483 e. The van der Waals surface area contributed by atoms with Crippen LogP contribution < -0.4 is 10.5 Å². The van der Waals surface area contributed by atoms with E-state index >= 15 is 0 Å². The maximum Gasteiger partial charge on any atom is 0.311 e. The Morgan fingerprint density at radius 1 is 1.44 bits per heavy atom. The van der Waals surface area contributed by atoms with Gasteiger partial charge < -0.3 is 10.5 Å². The first-order valence-corrected chi connectivity index (χ1v) is 6.30. The van der Waals surface area contributed by atoms with Gasteiger partial charge in [-0.05, 0) is 31.7 Å². The number of benzene rings is 1. The van der Waals surface area contributed by atoms with Crippen molar-refractivity contribution in [2.45, 2.75) is 37.8 Å². The lowest BCUT2D eigenvalue weighted by molar-refractivity contribution is -0.386. The predicted molar refractivity (Wildman–Crippen MR) is 69.0 cm³/mol. The van der Waals surface area contributed by atoms with Crippen LogP contribution in [0.4, 0.5) is 5.69 Å². The van der Waals surface area contributed by atoms with Crippen LogP contribution >= 0.6 is 11.6 Å². The lowest BCUT2D eigenvalue weighted by Gasteiger charge is -2.27. The monoisotopic (exact) mass is 270 g/mol. The summed E-state index contributed by atoms with van der Waals surface area (Å²) in [5.41, 5.74) is 5.81. The fourth-order valence-corrected chi connectivity index (χ4v) is 2.36. The summed E-state index contributed by atoms with van der Waals surface area (Å²) in [6, 6.07) is 4.45. The van der Waals surface area contributed by atoms with E-state index in [1.807, 2.05) is 0 Å². The number of nitro groups is 1. The van der Waals surface area contributed by atoms with Crippen molar-refractivity contribution >= 4 is 17.3 Å². The highest BCUT2D eigenvalue weighted by atomic mass is 35.5. The molecule has 98 valence electrons. The number of rotatable bonds is 3. The van der Waals surface area contributed by atoms with Gasteiger partial charge in [0.05, 0.1) is 4.92 Å². The summed E-state index contributed by atoms with van der Waals surface area (Å²) < 4.78 is 5.69. The van der Waals surface area contributed by atoms with Crippen molar-refractivity contribution in [3.8, 4) is 5.75 Å². The second kappa shape index (κ2) is 5.54. The maximum absolute atomic E-state index is 10.9. The lowest BCUT2D eigenvalue weighted by Crippen LogP contribution is -2.33. The zero-order valence-electron chi connectivity index (χ0n) is 9.84. The molecule has 0 bridgehead atoms. The van der Waals surface area contributed by atoms with Gasteiger partial charge in [0, 0.05) is 23.2 Å². The normalized spacial score (nSPS) is 23.7. The highest BCUT2D eigenvalue weighted by molar-refractivity contribution is 6.30. The smallest absolute Gasteiger partial charge is 0.311 e. The van der Waals surface area contributed by atoms with Gasteiger partial charge in [-0.2, -0.15) is 0 Å². The van der Waals surface area contributed by atoms with Crippen molar-refractivity contribution in [1.29, 1.82) is 0 Å². The summed E-state index contributed by atoms with van der Waals surface area (Å²) in [7, 11) is 0. The number of hydrogen-bond acceptors (Lipinski definition) is 4. The minimum atomic E-state index is -0.464. The van der Waals surface area contributed by atoms with Gasteiger partial charge in [-0.25, -0.2) is 0 Å². The third-order valence-electron chi connectivity index (χ3n) is 3.08. The van der Waals surface area contributed by atoms with Gasteiger partial charge in [0.25, 0.3) is 0 Å². The van der Waals surface area contributed by atoms with Crippen LogP contribution in [0, 0.1) is 10.1 Å². The van der Waals surface area contributed by atoms with Crippen molar-refractivity contribution in [3.63, 3.8) is 0 Å². The molecule has 1 aromatic rings. The number of ether oxygens (including phenoxy) is 1. The Balaban J connectivity index is 2.16. The zero-order chi connectivity index (χ0) is 13.1. The highest BCUT2D eigenvalue weighted by Crippen LogP contribution is 2.32. The van der Waals surface area contributed by atoms with E-state index in [9.17, 15) is 10.1 Å². The summed E-state index contributed by atoms with van der Waals surface area (Å²) in [5, 5.41) is 11.3. The molecule has 1 fully saturated rings. The molecule has 0 heterocycles. The highest BCUT2D eigenvalue weighted by Gasteiger charge is 2.24. The second-order valence-corrected chi connectivity index (χ2v) is 4.97. The molecule has 0 radical (unpaired) electrons. The van der Waals surface area contributed by atoms with Gasteiger partial charge in [-0.15, -0.1) is 0 Å². The fourth-order valence-electron chi connectivity index (χ4n) is 2.20. The number of nitro benzene ring substituents is 1. The number of halogens is 1. The quantitative estimate of drug-likeness (QED) is 0.677. The van der Waals surface area contributed by atoms with E-state index in [2.05, 4.69) is 0 Å². The first-order valence-electron chi connectivity index (χ1n) is 5.92. The Labute approximate surface area is 110 Å². The third-order valence-corrected chi connectivity index (χ3v) is 3.31. The molecule has 6 heteroatoms. The summed E-state index contributed by atoms with van der Waals surface area (Å²) in [5.74, 6) is 0.228. The first kappa shape index (κ1) is 13.1. The number of nitrogens with two attached hydrogens (primary N) is 1. The van der Waals surface area contributed by atoms with E-state index < -0.39 is 4.92 Å². The second-order valence-electron chi connectivity index (χ2n) is 4.54. The molecule has 2 N–H and O–H groups in total. The molecule has 2 unspecified atom stereocenters. The number of hydrogen-bond donors (Lipinski definition) is 1. The molecule has 0 aromatic heterocycles. The summed E-state index contributed by atoms with van der Waals surface area (Å²) in [4.78, 5) is 10.4. The maximum atomic E-state index is 10.9. The van der Waals surface area contributed by atoms with Gasteiger partial charge in [0.1, 0.15) is 6.10 Å². The van der Waals surface area contributed by atoms with Crippen LogP contribution in [0.5, 0.6) is 5.75 Å². The van der Waals surface area contributed by atoms with Crippen LogP contribution in [0.1, 0.15) is 25.7 Å². The van der Waals surface area contributed by atoms with E-state index in [-0.39, 0.29) is 23.6 Å². The van der Waals surface area contributed by atoms with Crippen molar-refractivity contribution in [1.82, 2.24) is 0 Å². The zero-order valence-corrected chi connectivity index (χ0v) is 10.6. The molecule has 5 nitrogen and oxygen atoms in total.